The molecule has 82 valence electrons. The van der Waals surface area contributed by atoms with Crippen molar-refractivity contribution in [2.75, 3.05) is 5.73 Å². The molecule has 3 N–H and O–H groups in total. The first-order chi connectivity index (χ1) is 7.11. The largest absolute Gasteiger partial charge is 0.477 e. The van der Waals surface area contributed by atoms with Gasteiger partial charge in [0.2, 0.25) is 0 Å². The first-order valence-corrected chi connectivity index (χ1v) is 5.67. The van der Waals surface area contributed by atoms with Gasteiger partial charge in [0.25, 0.3) is 0 Å². The van der Waals surface area contributed by atoms with Crippen molar-refractivity contribution in [3.8, 4) is 0 Å². The Morgan fingerprint density at radius 2 is 2.13 bits per heavy atom. The molecule has 0 saturated heterocycles. The molecule has 2 rings (SSSR count). The second kappa shape index (κ2) is 3.84. The number of carboxylic acids is 1. The van der Waals surface area contributed by atoms with E-state index in [0.29, 0.717) is 4.60 Å². The summed E-state index contributed by atoms with van der Waals surface area (Å²) in [7, 11) is 0. The standard InChI is InChI=1S/C9H12BrN3O2/c10-7-6(9(14)15)8(11)13(12-7)5-3-1-2-4-5/h5H,1-4,11H2,(H,14,15). The lowest BCUT2D eigenvalue weighted by Gasteiger charge is -2.11. The van der Waals surface area contributed by atoms with Gasteiger partial charge in [-0.15, -0.1) is 0 Å². The van der Waals surface area contributed by atoms with Crippen LogP contribution in [0.4, 0.5) is 5.82 Å². The molecule has 1 aliphatic carbocycles. The summed E-state index contributed by atoms with van der Waals surface area (Å²) in [5.41, 5.74) is 5.85. The maximum Gasteiger partial charge on any atom is 0.342 e. The third-order valence-corrected chi connectivity index (χ3v) is 3.34. The highest BCUT2D eigenvalue weighted by atomic mass is 79.9. The van der Waals surface area contributed by atoms with Gasteiger partial charge in [-0.2, -0.15) is 5.10 Å². The van der Waals surface area contributed by atoms with Gasteiger partial charge in [-0.25, -0.2) is 9.48 Å². The van der Waals surface area contributed by atoms with E-state index in [2.05, 4.69) is 21.0 Å². The lowest BCUT2D eigenvalue weighted by Crippen LogP contribution is -2.11. The Morgan fingerprint density at radius 1 is 1.53 bits per heavy atom. The first-order valence-electron chi connectivity index (χ1n) is 4.88. The third kappa shape index (κ3) is 1.73. The minimum atomic E-state index is -1.04. The highest BCUT2D eigenvalue weighted by Crippen LogP contribution is 2.33. The molecule has 0 atom stereocenters. The number of hydrogen-bond acceptors (Lipinski definition) is 3. The molecule has 0 bridgehead atoms. The van der Waals surface area contributed by atoms with Crippen molar-refractivity contribution in [1.29, 1.82) is 0 Å². The van der Waals surface area contributed by atoms with Crippen LogP contribution in [0.3, 0.4) is 0 Å². The number of halogens is 1. The molecule has 1 heterocycles. The zero-order valence-corrected chi connectivity index (χ0v) is 9.70. The van der Waals surface area contributed by atoms with Gasteiger partial charge in [0.15, 0.2) is 0 Å². The van der Waals surface area contributed by atoms with E-state index in [-0.39, 0.29) is 17.4 Å². The fourth-order valence-electron chi connectivity index (χ4n) is 2.04. The zero-order valence-electron chi connectivity index (χ0n) is 8.11. The maximum absolute atomic E-state index is 10.9. The Balaban J connectivity index is 2.40. The van der Waals surface area contributed by atoms with Crippen molar-refractivity contribution >= 4 is 27.7 Å². The van der Waals surface area contributed by atoms with Crippen LogP contribution >= 0.6 is 15.9 Å². The minimum Gasteiger partial charge on any atom is -0.477 e. The van der Waals surface area contributed by atoms with Crippen LogP contribution in [-0.2, 0) is 0 Å². The van der Waals surface area contributed by atoms with Crippen LogP contribution < -0.4 is 5.73 Å². The predicted octanol–water partition coefficient (Wildman–Crippen LogP) is 2.04. The van der Waals surface area contributed by atoms with E-state index < -0.39 is 5.97 Å². The maximum atomic E-state index is 10.9. The van der Waals surface area contributed by atoms with Crippen molar-refractivity contribution in [2.45, 2.75) is 31.7 Å². The van der Waals surface area contributed by atoms with Gasteiger partial charge in [0.05, 0.1) is 6.04 Å². The predicted molar refractivity (Wildman–Crippen MR) is 58.8 cm³/mol. The van der Waals surface area contributed by atoms with E-state index >= 15 is 0 Å². The number of anilines is 1. The Hall–Kier alpha value is -1.04. The van der Waals surface area contributed by atoms with Gasteiger partial charge in [-0.3, -0.25) is 0 Å². The van der Waals surface area contributed by atoms with E-state index in [1.165, 1.54) is 0 Å². The van der Waals surface area contributed by atoms with Crippen LogP contribution in [0.1, 0.15) is 42.1 Å². The van der Waals surface area contributed by atoms with Crippen molar-refractivity contribution in [1.82, 2.24) is 9.78 Å². The van der Waals surface area contributed by atoms with E-state index in [1.54, 1.807) is 4.68 Å². The van der Waals surface area contributed by atoms with Crippen molar-refractivity contribution in [3.63, 3.8) is 0 Å². The molecule has 1 saturated carbocycles. The van der Waals surface area contributed by atoms with Gasteiger partial charge < -0.3 is 10.8 Å². The Bertz CT molecular complexity index is 396. The summed E-state index contributed by atoms with van der Waals surface area (Å²) in [6.07, 6.45) is 4.36. The van der Waals surface area contributed by atoms with E-state index in [1.807, 2.05) is 0 Å². The molecule has 1 aromatic rings. The average Bonchev–Trinajstić information content (AvgIpc) is 2.72. The van der Waals surface area contributed by atoms with Crippen LogP contribution in [0.25, 0.3) is 0 Å². The van der Waals surface area contributed by atoms with E-state index in [4.69, 9.17) is 10.8 Å². The number of hydrogen-bond donors (Lipinski definition) is 2. The quantitative estimate of drug-likeness (QED) is 0.864. The third-order valence-electron chi connectivity index (χ3n) is 2.79. The van der Waals surface area contributed by atoms with Crippen molar-refractivity contribution in [2.24, 2.45) is 0 Å². The molecular weight excluding hydrogens is 262 g/mol. The monoisotopic (exact) mass is 273 g/mol. The summed E-state index contributed by atoms with van der Waals surface area (Å²) in [6, 6.07) is 0.259. The van der Waals surface area contributed by atoms with E-state index in [0.717, 1.165) is 25.7 Å². The molecule has 0 radical (unpaired) electrons. The molecule has 1 aliphatic rings. The highest BCUT2D eigenvalue weighted by molar-refractivity contribution is 9.10. The fraction of sp³-hybridized carbons (Fsp3) is 0.556. The number of aromatic carboxylic acids is 1. The zero-order chi connectivity index (χ0) is 11.0. The first kappa shape index (κ1) is 10.5. The molecule has 1 aromatic heterocycles. The summed E-state index contributed by atoms with van der Waals surface area (Å²) in [6.45, 7) is 0. The Labute approximate surface area is 95.4 Å². The Kier molecular flexibility index (Phi) is 2.68. The molecule has 0 unspecified atom stereocenters. The van der Waals surface area contributed by atoms with Gasteiger partial charge in [-0.05, 0) is 28.8 Å². The minimum absolute atomic E-state index is 0.0712. The molecule has 0 aromatic carbocycles. The summed E-state index contributed by atoms with van der Waals surface area (Å²) in [5.74, 6) is -0.787. The number of carboxylic acid groups (broad SMARTS) is 1. The number of rotatable bonds is 2. The smallest absolute Gasteiger partial charge is 0.342 e. The lowest BCUT2D eigenvalue weighted by atomic mass is 10.2. The average molecular weight is 274 g/mol. The molecule has 0 spiro atoms. The molecule has 6 heteroatoms. The summed E-state index contributed by atoms with van der Waals surface area (Å²) in [5, 5.41) is 13.1. The van der Waals surface area contributed by atoms with E-state index in [9.17, 15) is 4.79 Å². The molecule has 5 nitrogen and oxygen atoms in total. The SMILES string of the molecule is Nc1c(C(=O)O)c(Br)nn1C1CCCC1. The molecule has 15 heavy (non-hydrogen) atoms. The number of nitrogen functional groups attached to an aromatic ring is 1. The molecular formula is C9H12BrN3O2. The second-order valence-electron chi connectivity index (χ2n) is 3.74. The van der Waals surface area contributed by atoms with Gasteiger partial charge >= 0.3 is 5.97 Å². The van der Waals surface area contributed by atoms with Crippen molar-refractivity contribution < 1.29 is 9.90 Å². The van der Waals surface area contributed by atoms with Crippen LogP contribution in [0.2, 0.25) is 0 Å². The van der Waals surface area contributed by atoms with Crippen molar-refractivity contribution in [3.05, 3.63) is 10.2 Å². The van der Waals surface area contributed by atoms with Crippen LogP contribution in [0, 0.1) is 0 Å². The molecule has 1 fully saturated rings. The van der Waals surface area contributed by atoms with Crippen LogP contribution in [0.5, 0.6) is 0 Å². The summed E-state index contributed by atoms with van der Waals surface area (Å²) < 4.78 is 1.96. The van der Waals surface area contributed by atoms with Gasteiger partial charge in [-0.1, -0.05) is 12.8 Å². The lowest BCUT2D eigenvalue weighted by molar-refractivity contribution is 0.0697. The fourth-order valence-corrected chi connectivity index (χ4v) is 2.59. The summed E-state index contributed by atoms with van der Waals surface area (Å²) in [4.78, 5) is 10.9. The number of aromatic nitrogens is 2. The Morgan fingerprint density at radius 3 is 2.60 bits per heavy atom. The van der Waals surface area contributed by atoms with Crippen LogP contribution in [-0.4, -0.2) is 20.9 Å². The number of nitrogens with two attached hydrogens (primary N) is 1. The number of carbonyl (C=O) groups is 1. The second-order valence-corrected chi connectivity index (χ2v) is 4.49. The van der Waals surface area contributed by atoms with Gasteiger partial charge in [0.1, 0.15) is 16.0 Å². The number of nitrogens with zero attached hydrogens (tertiary/aromatic N) is 2. The van der Waals surface area contributed by atoms with Gasteiger partial charge in [0, 0.05) is 0 Å². The van der Waals surface area contributed by atoms with Crippen LogP contribution in [0.15, 0.2) is 4.60 Å². The molecule has 0 aliphatic heterocycles. The normalized spacial score (nSPS) is 17.1. The highest BCUT2D eigenvalue weighted by Gasteiger charge is 2.25. The molecule has 0 amide bonds. The topological polar surface area (TPSA) is 81.1 Å². The summed E-state index contributed by atoms with van der Waals surface area (Å²) >= 11 is 3.12.